The van der Waals surface area contributed by atoms with Gasteiger partial charge in [-0.1, -0.05) is 13.0 Å². The Labute approximate surface area is 134 Å². The Morgan fingerprint density at radius 2 is 2.13 bits per heavy atom. The Kier molecular flexibility index (Phi) is 3.67. The molecule has 2 aromatic heterocycles. The molecule has 23 heavy (non-hydrogen) atoms. The van der Waals surface area contributed by atoms with Gasteiger partial charge in [0, 0.05) is 24.9 Å². The number of hydrogen-bond acceptors (Lipinski definition) is 4. The summed E-state index contributed by atoms with van der Waals surface area (Å²) >= 11 is 0. The van der Waals surface area contributed by atoms with Crippen LogP contribution in [0.5, 0.6) is 0 Å². The van der Waals surface area contributed by atoms with Gasteiger partial charge in [-0.15, -0.1) is 10.2 Å². The highest BCUT2D eigenvalue weighted by molar-refractivity contribution is 5.50. The molecule has 1 aromatic carbocycles. The van der Waals surface area contributed by atoms with Gasteiger partial charge >= 0.3 is 0 Å². The van der Waals surface area contributed by atoms with Gasteiger partial charge in [0.15, 0.2) is 0 Å². The molecule has 0 spiro atoms. The molecule has 1 unspecified atom stereocenters. The molecule has 1 atom stereocenters. The summed E-state index contributed by atoms with van der Waals surface area (Å²) in [5.41, 5.74) is 3.50. The number of aryl methyl sites for hydroxylation is 1. The summed E-state index contributed by atoms with van der Waals surface area (Å²) in [7, 11) is 0. The monoisotopic (exact) mass is 309 g/mol. The van der Waals surface area contributed by atoms with Crippen molar-refractivity contribution in [2.24, 2.45) is 0 Å². The summed E-state index contributed by atoms with van der Waals surface area (Å²) in [6.45, 7) is 3.75. The van der Waals surface area contributed by atoms with Crippen LogP contribution in [0.15, 0.2) is 43.2 Å². The van der Waals surface area contributed by atoms with Crippen LogP contribution in [0.25, 0.3) is 11.4 Å². The number of nitrogens with zero attached hydrogens (tertiary/aromatic N) is 5. The molecule has 0 saturated carbocycles. The minimum atomic E-state index is 0.369. The molecular weight excluding hydrogens is 290 g/mol. The van der Waals surface area contributed by atoms with Gasteiger partial charge in [0.25, 0.3) is 0 Å². The quantitative estimate of drug-likeness (QED) is 0.743. The molecule has 6 heteroatoms. The van der Waals surface area contributed by atoms with Crippen LogP contribution in [-0.2, 0) is 11.2 Å². The van der Waals surface area contributed by atoms with E-state index in [-0.39, 0.29) is 0 Å². The highest BCUT2D eigenvalue weighted by Crippen LogP contribution is 2.28. The maximum atomic E-state index is 5.54. The number of benzene rings is 1. The van der Waals surface area contributed by atoms with Crippen LogP contribution < -0.4 is 0 Å². The van der Waals surface area contributed by atoms with Crippen molar-refractivity contribution in [1.82, 2.24) is 24.3 Å². The first-order valence-electron chi connectivity index (χ1n) is 7.96. The molecule has 0 aliphatic carbocycles. The van der Waals surface area contributed by atoms with Crippen LogP contribution in [0.1, 0.15) is 30.7 Å². The fourth-order valence-electron chi connectivity index (χ4n) is 3.13. The van der Waals surface area contributed by atoms with Gasteiger partial charge < -0.3 is 9.30 Å². The van der Waals surface area contributed by atoms with Crippen molar-refractivity contribution in [3.8, 4) is 11.4 Å². The topological polar surface area (TPSA) is 57.8 Å². The summed E-state index contributed by atoms with van der Waals surface area (Å²) in [5.74, 6) is 1.45. The van der Waals surface area contributed by atoms with Gasteiger partial charge in [0.1, 0.15) is 18.5 Å². The summed E-state index contributed by atoms with van der Waals surface area (Å²) in [6.07, 6.45) is 9.34. The number of aromatic nitrogens is 5. The van der Waals surface area contributed by atoms with Crippen molar-refractivity contribution in [3.05, 3.63) is 54.6 Å². The predicted octanol–water partition coefficient (Wildman–Crippen LogP) is 2.52. The number of ether oxygens (including phenoxy) is 1. The van der Waals surface area contributed by atoms with E-state index in [1.54, 1.807) is 12.7 Å². The molecule has 0 radical (unpaired) electrons. The maximum absolute atomic E-state index is 5.54. The minimum Gasteiger partial charge on any atom is -0.381 e. The number of hydrogen-bond donors (Lipinski definition) is 0. The number of imidazole rings is 1. The van der Waals surface area contributed by atoms with Crippen molar-refractivity contribution >= 4 is 0 Å². The summed E-state index contributed by atoms with van der Waals surface area (Å²) in [6, 6.07) is 6.43. The molecular formula is C17H19N5O. The Hall–Kier alpha value is -2.47. The molecule has 1 aliphatic rings. The summed E-state index contributed by atoms with van der Waals surface area (Å²) in [4.78, 5) is 4.59. The highest BCUT2D eigenvalue weighted by Gasteiger charge is 2.23. The normalized spacial score (nSPS) is 17.7. The molecule has 3 heterocycles. The average molecular weight is 309 g/mol. The zero-order chi connectivity index (χ0) is 15.6. The van der Waals surface area contributed by atoms with E-state index in [0.717, 1.165) is 43.3 Å². The van der Waals surface area contributed by atoms with Gasteiger partial charge in [-0.3, -0.25) is 4.57 Å². The first-order valence-corrected chi connectivity index (χ1v) is 7.96. The second kappa shape index (κ2) is 5.96. The minimum absolute atomic E-state index is 0.369. The van der Waals surface area contributed by atoms with Crippen molar-refractivity contribution in [3.63, 3.8) is 0 Å². The van der Waals surface area contributed by atoms with E-state index in [9.17, 15) is 0 Å². The molecule has 118 valence electrons. The van der Waals surface area contributed by atoms with E-state index in [0.29, 0.717) is 5.92 Å². The molecule has 3 aromatic rings. The molecule has 0 bridgehead atoms. The fourth-order valence-corrected chi connectivity index (χ4v) is 3.13. The largest absolute Gasteiger partial charge is 0.381 e. The highest BCUT2D eigenvalue weighted by atomic mass is 16.5. The van der Waals surface area contributed by atoms with Crippen LogP contribution in [0.4, 0.5) is 0 Å². The van der Waals surface area contributed by atoms with Crippen molar-refractivity contribution in [1.29, 1.82) is 0 Å². The fraction of sp³-hybridized carbons (Fsp3) is 0.353. The molecule has 4 rings (SSSR count). The zero-order valence-electron chi connectivity index (χ0n) is 13.1. The van der Waals surface area contributed by atoms with Crippen LogP contribution in [0.2, 0.25) is 0 Å². The van der Waals surface area contributed by atoms with Gasteiger partial charge in [0.2, 0.25) is 0 Å². The molecule has 1 fully saturated rings. The third-order valence-electron chi connectivity index (χ3n) is 4.39. The van der Waals surface area contributed by atoms with E-state index < -0.39 is 0 Å². The average Bonchev–Trinajstić information content (AvgIpc) is 3.35. The Balaban J connectivity index is 1.81. The lowest BCUT2D eigenvalue weighted by molar-refractivity contribution is 0.193. The smallest absolute Gasteiger partial charge is 0.123 e. The SMILES string of the molecule is CCc1ccc(-n2cnnc2)cc1-n1ccnc1C1CCOC1. The Morgan fingerprint density at radius 3 is 2.87 bits per heavy atom. The molecule has 1 saturated heterocycles. The van der Waals surface area contributed by atoms with Gasteiger partial charge in [0.05, 0.1) is 18.0 Å². The summed E-state index contributed by atoms with van der Waals surface area (Å²) in [5, 5.41) is 7.78. The number of rotatable bonds is 4. The lowest BCUT2D eigenvalue weighted by atomic mass is 10.1. The third-order valence-corrected chi connectivity index (χ3v) is 4.39. The lowest BCUT2D eigenvalue weighted by Gasteiger charge is -2.16. The molecule has 0 N–H and O–H groups in total. The van der Waals surface area contributed by atoms with E-state index in [1.165, 1.54) is 5.56 Å². The van der Waals surface area contributed by atoms with Crippen molar-refractivity contribution in [2.75, 3.05) is 13.2 Å². The van der Waals surface area contributed by atoms with E-state index >= 15 is 0 Å². The maximum Gasteiger partial charge on any atom is 0.123 e. The van der Waals surface area contributed by atoms with Crippen LogP contribution in [-0.4, -0.2) is 37.5 Å². The summed E-state index contributed by atoms with van der Waals surface area (Å²) < 4.78 is 9.65. The molecule has 1 aliphatic heterocycles. The zero-order valence-corrected chi connectivity index (χ0v) is 13.1. The predicted molar refractivity (Wildman–Crippen MR) is 86.0 cm³/mol. The first-order chi connectivity index (χ1) is 11.4. The first kappa shape index (κ1) is 14.1. The van der Waals surface area contributed by atoms with Crippen molar-refractivity contribution < 1.29 is 4.74 Å². The van der Waals surface area contributed by atoms with Gasteiger partial charge in [-0.25, -0.2) is 4.98 Å². The van der Waals surface area contributed by atoms with E-state index in [4.69, 9.17) is 4.74 Å². The lowest BCUT2D eigenvalue weighted by Crippen LogP contribution is -2.09. The Bertz CT molecular complexity index is 787. The van der Waals surface area contributed by atoms with Gasteiger partial charge in [-0.05, 0) is 30.5 Å². The van der Waals surface area contributed by atoms with E-state index in [1.807, 2.05) is 17.0 Å². The van der Waals surface area contributed by atoms with Crippen LogP contribution in [0, 0.1) is 0 Å². The second-order valence-corrected chi connectivity index (χ2v) is 5.75. The molecule has 0 amide bonds. The van der Waals surface area contributed by atoms with Gasteiger partial charge in [-0.2, -0.15) is 0 Å². The van der Waals surface area contributed by atoms with Crippen LogP contribution in [0.3, 0.4) is 0 Å². The van der Waals surface area contributed by atoms with Crippen molar-refractivity contribution in [2.45, 2.75) is 25.7 Å². The van der Waals surface area contributed by atoms with Crippen LogP contribution >= 0.6 is 0 Å². The molecule has 6 nitrogen and oxygen atoms in total. The second-order valence-electron chi connectivity index (χ2n) is 5.75. The third kappa shape index (κ3) is 2.55. The Morgan fingerprint density at radius 1 is 1.26 bits per heavy atom. The van der Waals surface area contributed by atoms with E-state index in [2.05, 4.69) is 44.9 Å². The standard InChI is InChI=1S/C17H19N5O/c1-2-13-3-4-15(21-11-19-20-12-21)9-16(13)22-7-6-18-17(22)14-5-8-23-10-14/h3-4,6-7,9,11-12,14H,2,5,8,10H2,1H3.